The number of hydrogen-bond donors (Lipinski definition) is 4. The second-order valence-electron chi connectivity index (χ2n) is 6.22. The Morgan fingerprint density at radius 3 is 2.19 bits per heavy atom. The number of nitrogens with two attached hydrogens (primary N) is 1. The first-order chi connectivity index (χ1) is 12.9. The van der Waals surface area contributed by atoms with Gasteiger partial charge in [0.2, 0.25) is 11.8 Å². The van der Waals surface area contributed by atoms with E-state index in [0.29, 0.717) is 0 Å². The minimum atomic E-state index is -1.15. The van der Waals surface area contributed by atoms with Gasteiger partial charge in [-0.3, -0.25) is 14.4 Å². The minimum Gasteiger partial charge on any atom is -0.480 e. The van der Waals surface area contributed by atoms with Gasteiger partial charge in [0.15, 0.2) is 0 Å². The van der Waals surface area contributed by atoms with Crippen LogP contribution in [0, 0.1) is 0 Å². The first-order valence-electron chi connectivity index (χ1n) is 8.56. The Morgan fingerprint density at radius 1 is 1.00 bits per heavy atom. The van der Waals surface area contributed by atoms with E-state index in [9.17, 15) is 14.4 Å². The van der Waals surface area contributed by atoms with E-state index in [1.165, 1.54) is 6.92 Å². The molecule has 0 aliphatic heterocycles. The minimum absolute atomic E-state index is 0.281. The molecule has 0 unspecified atom stereocenters. The normalized spacial score (nSPS) is 12.7. The Balaban J connectivity index is 1.82. The van der Waals surface area contributed by atoms with Crippen LogP contribution < -0.4 is 16.4 Å². The summed E-state index contributed by atoms with van der Waals surface area (Å²) in [6.45, 7) is 1.62. The molecule has 0 heterocycles. The van der Waals surface area contributed by atoms with Crippen LogP contribution in [0.4, 0.5) is 0 Å². The number of benzene rings is 2. The van der Waals surface area contributed by atoms with Crippen molar-refractivity contribution in [1.82, 2.24) is 10.6 Å². The topological polar surface area (TPSA) is 122 Å². The summed E-state index contributed by atoms with van der Waals surface area (Å²) in [5.41, 5.74) is 8.80. The number of amides is 2. The second-order valence-corrected chi connectivity index (χ2v) is 6.22. The number of aliphatic carboxylic acids is 1. The number of nitrogens with one attached hydrogen (secondary N) is 2. The highest BCUT2D eigenvalue weighted by atomic mass is 16.4. The molecular formula is C20H23N3O4. The Morgan fingerprint density at radius 2 is 1.59 bits per heavy atom. The number of carboxylic acid groups (broad SMARTS) is 1. The molecule has 0 aliphatic carbocycles. The largest absolute Gasteiger partial charge is 0.480 e. The lowest BCUT2D eigenvalue weighted by Crippen LogP contribution is -2.46. The quantitative estimate of drug-likeness (QED) is 0.558. The zero-order chi connectivity index (χ0) is 19.8. The van der Waals surface area contributed by atoms with Gasteiger partial charge >= 0.3 is 5.97 Å². The number of carbonyl (C=O) groups excluding carboxylic acids is 2. The number of carboxylic acids is 1. The van der Waals surface area contributed by atoms with Gasteiger partial charge in [-0.1, -0.05) is 54.6 Å². The first-order valence-corrected chi connectivity index (χ1v) is 8.56. The van der Waals surface area contributed by atoms with Crippen molar-refractivity contribution in [3.05, 3.63) is 60.2 Å². The molecule has 7 nitrogen and oxygen atoms in total. The Labute approximate surface area is 157 Å². The van der Waals surface area contributed by atoms with Gasteiger partial charge < -0.3 is 21.5 Å². The molecule has 0 bridgehead atoms. The first kappa shape index (κ1) is 20.1. The molecule has 2 rings (SSSR count). The maximum Gasteiger partial charge on any atom is 0.325 e. The van der Waals surface area contributed by atoms with Crippen LogP contribution in [0.5, 0.6) is 0 Å². The van der Waals surface area contributed by atoms with Crippen molar-refractivity contribution in [1.29, 1.82) is 0 Å². The van der Waals surface area contributed by atoms with Crippen LogP contribution in [-0.4, -0.2) is 35.0 Å². The predicted octanol–water partition coefficient (Wildman–Crippen LogP) is 1.28. The van der Waals surface area contributed by atoms with Crippen molar-refractivity contribution in [3.63, 3.8) is 0 Å². The molecule has 0 saturated heterocycles. The molecule has 7 heteroatoms. The summed E-state index contributed by atoms with van der Waals surface area (Å²) in [5.74, 6) is -2.21. The van der Waals surface area contributed by atoms with Gasteiger partial charge in [-0.15, -0.1) is 0 Å². The maximum atomic E-state index is 12.0. The van der Waals surface area contributed by atoms with E-state index >= 15 is 0 Å². The van der Waals surface area contributed by atoms with Gasteiger partial charge in [0, 0.05) is 6.54 Å². The molecule has 0 saturated carbocycles. The lowest BCUT2D eigenvalue weighted by molar-refractivity contribution is -0.141. The molecule has 0 radical (unpaired) electrons. The van der Waals surface area contributed by atoms with Crippen LogP contribution in [-0.2, 0) is 20.9 Å². The summed E-state index contributed by atoms with van der Waals surface area (Å²) in [6.07, 6.45) is -0.281. The van der Waals surface area contributed by atoms with Gasteiger partial charge in [0.25, 0.3) is 0 Å². The second kappa shape index (κ2) is 9.49. The molecule has 5 N–H and O–H groups in total. The SMILES string of the molecule is C[C@H](NC(=O)C[C@H](N)C(=O)NCc1ccc(-c2ccccc2)cc1)C(=O)O. The standard InChI is InChI=1S/C20H23N3O4/c1-13(20(26)27)23-18(24)11-17(21)19(25)22-12-14-7-9-16(10-8-14)15-5-3-2-4-6-15/h2-10,13,17H,11-12,21H2,1H3,(H,22,25)(H,23,24)(H,26,27)/t13-,17-/m0/s1. The molecule has 2 amide bonds. The smallest absolute Gasteiger partial charge is 0.325 e. The van der Waals surface area contributed by atoms with Crippen LogP contribution in [0.1, 0.15) is 18.9 Å². The zero-order valence-electron chi connectivity index (χ0n) is 15.0. The highest BCUT2D eigenvalue weighted by Crippen LogP contribution is 2.19. The number of carbonyl (C=O) groups is 3. The average Bonchev–Trinajstić information content (AvgIpc) is 2.66. The molecule has 27 heavy (non-hydrogen) atoms. The van der Waals surface area contributed by atoms with E-state index in [1.54, 1.807) is 0 Å². The van der Waals surface area contributed by atoms with Crippen LogP contribution >= 0.6 is 0 Å². The summed E-state index contributed by atoms with van der Waals surface area (Å²) in [5, 5.41) is 13.7. The highest BCUT2D eigenvalue weighted by Gasteiger charge is 2.20. The summed E-state index contributed by atoms with van der Waals surface area (Å²) in [6, 6.07) is 15.6. The van der Waals surface area contributed by atoms with Crippen molar-refractivity contribution in [2.24, 2.45) is 5.73 Å². The third-order valence-electron chi connectivity index (χ3n) is 4.02. The predicted molar refractivity (Wildman–Crippen MR) is 102 cm³/mol. The van der Waals surface area contributed by atoms with E-state index in [4.69, 9.17) is 10.8 Å². The van der Waals surface area contributed by atoms with Gasteiger partial charge in [0.05, 0.1) is 12.5 Å². The number of hydrogen-bond acceptors (Lipinski definition) is 4. The number of rotatable bonds is 8. The van der Waals surface area contributed by atoms with Gasteiger partial charge in [0.1, 0.15) is 6.04 Å². The average molecular weight is 369 g/mol. The molecule has 2 atom stereocenters. The highest BCUT2D eigenvalue weighted by molar-refractivity contribution is 5.89. The molecule has 2 aromatic carbocycles. The monoisotopic (exact) mass is 369 g/mol. The van der Waals surface area contributed by atoms with Crippen molar-refractivity contribution in [2.45, 2.75) is 32.0 Å². The van der Waals surface area contributed by atoms with Crippen LogP contribution in [0.2, 0.25) is 0 Å². The molecule has 2 aromatic rings. The van der Waals surface area contributed by atoms with Gasteiger partial charge in [-0.2, -0.15) is 0 Å². The summed E-state index contributed by atoms with van der Waals surface area (Å²) in [7, 11) is 0. The van der Waals surface area contributed by atoms with Crippen molar-refractivity contribution >= 4 is 17.8 Å². The molecule has 0 aromatic heterocycles. The third-order valence-corrected chi connectivity index (χ3v) is 4.02. The van der Waals surface area contributed by atoms with Crippen LogP contribution in [0.25, 0.3) is 11.1 Å². The van der Waals surface area contributed by atoms with Crippen LogP contribution in [0.15, 0.2) is 54.6 Å². The fourth-order valence-corrected chi connectivity index (χ4v) is 2.42. The third kappa shape index (κ3) is 6.23. The van der Waals surface area contributed by atoms with E-state index in [1.807, 2.05) is 54.6 Å². The molecule has 0 fully saturated rings. The van der Waals surface area contributed by atoms with Crippen molar-refractivity contribution in [2.75, 3.05) is 0 Å². The molecule has 142 valence electrons. The zero-order valence-corrected chi connectivity index (χ0v) is 15.0. The van der Waals surface area contributed by atoms with Crippen LogP contribution in [0.3, 0.4) is 0 Å². The summed E-state index contributed by atoms with van der Waals surface area (Å²) in [4.78, 5) is 34.4. The molecular weight excluding hydrogens is 346 g/mol. The Hall–Kier alpha value is -3.19. The maximum absolute atomic E-state index is 12.0. The Kier molecular flexibility index (Phi) is 7.08. The van der Waals surface area contributed by atoms with E-state index in [0.717, 1.165) is 16.7 Å². The lowest BCUT2D eigenvalue weighted by Gasteiger charge is -2.14. The molecule has 0 spiro atoms. The summed E-state index contributed by atoms with van der Waals surface area (Å²) >= 11 is 0. The van der Waals surface area contributed by atoms with E-state index in [-0.39, 0.29) is 13.0 Å². The van der Waals surface area contributed by atoms with Gasteiger partial charge in [-0.25, -0.2) is 0 Å². The van der Waals surface area contributed by atoms with Gasteiger partial charge in [-0.05, 0) is 23.6 Å². The van der Waals surface area contributed by atoms with Crippen molar-refractivity contribution in [3.8, 4) is 11.1 Å². The fraction of sp³-hybridized carbons (Fsp3) is 0.250. The molecule has 0 aliphatic rings. The summed E-state index contributed by atoms with van der Waals surface area (Å²) < 4.78 is 0. The van der Waals surface area contributed by atoms with E-state index < -0.39 is 29.9 Å². The fourth-order valence-electron chi connectivity index (χ4n) is 2.42. The van der Waals surface area contributed by atoms with Crippen molar-refractivity contribution < 1.29 is 19.5 Å². The van der Waals surface area contributed by atoms with E-state index in [2.05, 4.69) is 10.6 Å². The lowest BCUT2D eigenvalue weighted by atomic mass is 10.0. The Bertz CT molecular complexity index is 791.